The lowest BCUT2D eigenvalue weighted by molar-refractivity contribution is 0.296. The van der Waals surface area contributed by atoms with Crippen molar-refractivity contribution in [1.29, 1.82) is 0 Å². The molecule has 4 rings (SSSR count). The molecule has 0 amide bonds. The number of aromatic nitrogens is 1. The average molecular weight is 348 g/mol. The van der Waals surface area contributed by atoms with Gasteiger partial charge in [-0.15, -0.1) is 0 Å². The summed E-state index contributed by atoms with van der Waals surface area (Å²) < 4.78 is 11.3. The van der Waals surface area contributed by atoms with Crippen molar-refractivity contribution in [3.05, 3.63) is 64.5 Å². The van der Waals surface area contributed by atoms with Gasteiger partial charge in [0.25, 0.3) is 0 Å². The second-order valence-electron chi connectivity index (χ2n) is 6.27. The number of hydrogen-bond acceptors (Lipinski definition) is 5. The van der Waals surface area contributed by atoms with Gasteiger partial charge in [-0.1, -0.05) is 38.1 Å². The summed E-state index contributed by atoms with van der Waals surface area (Å²) in [6, 6.07) is 15.2. The molecule has 5 heteroatoms. The molecule has 0 aliphatic rings. The highest BCUT2D eigenvalue weighted by atomic mass is 16.4. The van der Waals surface area contributed by atoms with E-state index in [2.05, 4.69) is 29.8 Å². The smallest absolute Gasteiger partial charge is 0.349 e. The van der Waals surface area contributed by atoms with Crippen molar-refractivity contribution >= 4 is 22.1 Å². The van der Waals surface area contributed by atoms with Crippen LogP contribution in [-0.2, 0) is 6.54 Å². The Bertz CT molecular complexity index is 1090. The molecule has 0 fully saturated rings. The Morgan fingerprint density at radius 3 is 2.54 bits per heavy atom. The fraction of sp³-hybridized carbons (Fsp3) is 0.238. The molecular formula is C21H20N2O3. The van der Waals surface area contributed by atoms with Gasteiger partial charge in [0, 0.05) is 11.9 Å². The molecule has 26 heavy (non-hydrogen) atoms. The van der Waals surface area contributed by atoms with Crippen LogP contribution in [0.3, 0.4) is 0 Å². The maximum absolute atomic E-state index is 12.5. The SMILES string of the molecule is CCN(CC)Cc1ccc2cc(-c3nc4ccccc4o3)c(=O)oc2c1. The van der Waals surface area contributed by atoms with Crippen molar-refractivity contribution in [2.24, 2.45) is 0 Å². The summed E-state index contributed by atoms with van der Waals surface area (Å²) in [7, 11) is 0. The van der Waals surface area contributed by atoms with Crippen LogP contribution in [0.1, 0.15) is 19.4 Å². The van der Waals surface area contributed by atoms with Gasteiger partial charge in [-0.3, -0.25) is 4.90 Å². The summed E-state index contributed by atoms with van der Waals surface area (Å²) >= 11 is 0. The maximum atomic E-state index is 12.5. The number of rotatable bonds is 5. The summed E-state index contributed by atoms with van der Waals surface area (Å²) in [5.41, 5.74) is 2.97. The van der Waals surface area contributed by atoms with Crippen LogP contribution in [0, 0.1) is 0 Å². The fourth-order valence-electron chi connectivity index (χ4n) is 3.10. The number of oxazole rings is 1. The molecule has 0 aliphatic carbocycles. The first-order valence-electron chi connectivity index (χ1n) is 8.83. The number of hydrogen-bond donors (Lipinski definition) is 0. The van der Waals surface area contributed by atoms with Gasteiger partial charge >= 0.3 is 5.63 Å². The molecule has 0 atom stereocenters. The minimum absolute atomic E-state index is 0.286. The molecule has 2 heterocycles. The van der Waals surface area contributed by atoms with Gasteiger partial charge in [0.1, 0.15) is 16.7 Å². The highest BCUT2D eigenvalue weighted by Gasteiger charge is 2.14. The van der Waals surface area contributed by atoms with E-state index in [9.17, 15) is 4.79 Å². The molecule has 132 valence electrons. The Balaban J connectivity index is 1.76. The monoisotopic (exact) mass is 348 g/mol. The normalized spacial score (nSPS) is 11.7. The fourth-order valence-corrected chi connectivity index (χ4v) is 3.10. The van der Waals surface area contributed by atoms with Crippen LogP contribution >= 0.6 is 0 Å². The summed E-state index contributed by atoms with van der Waals surface area (Å²) in [6.07, 6.45) is 0. The second-order valence-corrected chi connectivity index (χ2v) is 6.27. The van der Waals surface area contributed by atoms with E-state index in [4.69, 9.17) is 8.83 Å². The van der Waals surface area contributed by atoms with Gasteiger partial charge in [0.2, 0.25) is 5.89 Å². The summed E-state index contributed by atoms with van der Waals surface area (Å²) in [4.78, 5) is 19.2. The van der Waals surface area contributed by atoms with Gasteiger partial charge in [-0.25, -0.2) is 9.78 Å². The minimum Gasteiger partial charge on any atom is -0.436 e. The molecule has 4 aromatic rings. The Morgan fingerprint density at radius 1 is 0.962 bits per heavy atom. The van der Waals surface area contributed by atoms with Gasteiger partial charge in [0.15, 0.2) is 5.58 Å². The number of nitrogens with zero attached hydrogens (tertiary/aromatic N) is 2. The van der Waals surface area contributed by atoms with Gasteiger partial charge < -0.3 is 8.83 Å². The third kappa shape index (κ3) is 3.02. The summed E-state index contributed by atoms with van der Waals surface area (Å²) in [5.74, 6) is 0.286. The van der Waals surface area contributed by atoms with Crippen molar-refractivity contribution < 1.29 is 8.83 Å². The quantitative estimate of drug-likeness (QED) is 0.499. The zero-order valence-electron chi connectivity index (χ0n) is 14.9. The molecule has 0 unspecified atom stereocenters. The van der Waals surface area contributed by atoms with E-state index in [-0.39, 0.29) is 5.89 Å². The van der Waals surface area contributed by atoms with E-state index in [0.717, 1.165) is 36.1 Å². The second kappa shape index (κ2) is 6.77. The van der Waals surface area contributed by atoms with Gasteiger partial charge in [-0.05, 0) is 42.9 Å². The predicted octanol–water partition coefficient (Wildman–Crippen LogP) is 4.44. The Hall–Kier alpha value is -2.92. The third-order valence-corrected chi connectivity index (χ3v) is 4.63. The van der Waals surface area contributed by atoms with Crippen LogP contribution in [-0.4, -0.2) is 23.0 Å². The van der Waals surface area contributed by atoms with Crippen molar-refractivity contribution in [3.8, 4) is 11.5 Å². The Morgan fingerprint density at radius 2 is 1.77 bits per heavy atom. The highest BCUT2D eigenvalue weighted by molar-refractivity contribution is 5.82. The van der Waals surface area contributed by atoms with E-state index < -0.39 is 5.63 Å². The molecule has 0 radical (unpaired) electrons. The van der Waals surface area contributed by atoms with Crippen molar-refractivity contribution in [2.75, 3.05) is 13.1 Å². The van der Waals surface area contributed by atoms with Crippen LogP contribution in [0.25, 0.3) is 33.5 Å². The molecular weight excluding hydrogens is 328 g/mol. The lowest BCUT2D eigenvalue weighted by atomic mass is 10.1. The Kier molecular flexibility index (Phi) is 4.31. The van der Waals surface area contributed by atoms with Gasteiger partial charge in [0.05, 0.1) is 0 Å². The minimum atomic E-state index is -0.441. The lowest BCUT2D eigenvalue weighted by Crippen LogP contribution is -2.22. The largest absolute Gasteiger partial charge is 0.436 e. The first-order valence-corrected chi connectivity index (χ1v) is 8.83. The van der Waals surface area contributed by atoms with Crippen LogP contribution in [0.15, 0.2) is 62.2 Å². The van der Waals surface area contributed by atoms with E-state index in [1.807, 2.05) is 36.4 Å². The maximum Gasteiger partial charge on any atom is 0.349 e. The lowest BCUT2D eigenvalue weighted by Gasteiger charge is -2.17. The summed E-state index contributed by atoms with van der Waals surface area (Å²) in [5, 5.41) is 0.852. The molecule has 0 bridgehead atoms. The van der Waals surface area contributed by atoms with Crippen LogP contribution < -0.4 is 5.63 Å². The first-order chi connectivity index (χ1) is 12.7. The van der Waals surface area contributed by atoms with E-state index in [1.54, 1.807) is 6.07 Å². The molecule has 2 aromatic carbocycles. The first kappa shape index (κ1) is 16.5. The zero-order valence-corrected chi connectivity index (χ0v) is 14.9. The Labute approximate surface area is 150 Å². The van der Waals surface area contributed by atoms with Crippen LogP contribution in [0.2, 0.25) is 0 Å². The molecule has 5 nitrogen and oxygen atoms in total. The third-order valence-electron chi connectivity index (χ3n) is 4.63. The zero-order chi connectivity index (χ0) is 18.1. The van der Waals surface area contributed by atoms with Crippen LogP contribution in [0.5, 0.6) is 0 Å². The predicted molar refractivity (Wildman–Crippen MR) is 102 cm³/mol. The molecule has 0 aliphatic heterocycles. The molecule has 2 aromatic heterocycles. The summed E-state index contributed by atoms with van der Waals surface area (Å²) in [6.45, 7) is 7.07. The number of benzene rings is 2. The number of para-hydroxylation sites is 2. The van der Waals surface area contributed by atoms with Crippen molar-refractivity contribution in [1.82, 2.24) is 9.88 Å². The van der Waals surface area contributed by atoms with Crippen molar-refractivity contribution in [2.45, 2.75) is 20.4 Å². The van der Waals surface area contributed by atoms with E-state index in [1.165, 1.54) is 0 Å². The average Bonchev–Trinajstić information content (AvgIpc) is 3.09. The molecule has 0 saturated carbocycles. The van der Waals surface area contributed by atoms with Crippen LogP contribution in [0.4, 0.5) is 0 Å². The van der Waals surface area contributed by atoms with Gasteiger partial charge in [-0.2, -0.15) is 0 Å². The number of fused-ring (bicyclic) bond motifs is 2. The van der Waals surface area contributed by atoms with E-state index >= 15 is 0 Å². The topological polar surface area (TPSA) is 59.5 Å². The molecule has 0 saturated heterocycles. The highest BCUT2D eigenvalue weighted by Crippen LogP contribution is 2.25. The van der Waals surface area contributed by atoms with Crippen molar-refractivity contribution in [3.63, 3.8) is 0 Å². The standard InChI is InChI=1S/C21H20N2O3/c1-3-23(4-2)13-14-9-10-15-12-16(21(24)26-19(15)11-14)20-22-17-7-5-6-8-18(17)25-20/h5-12H,3-4,13H2,1-2H3. The molecule has 0 N–H and O–H groups in total. The molecule has 0 spiro atoms. The van der Waals surface area contributed by atoms with E-state index in [0.29, 0.717) is 16.7 Å².